The zero-order valence-electron chi connectivity index (χ0n) is 12.3. The molecule has 6 heteroatoms. The fourth-order valence-electron chi connectivity index (χ4n) is 1.81. The van der Waals surface area contributed by atoms with Gasteiger partial charge in [0.15, 0.2) is 0 Å². The number of likely N-dealkylation sites (N-methyl/N-ethyl adjacent to an activating group) is 1. The van der Waals surface area contributed by atoms with E-state index in [-0.39, 0.29) is 25.0 Å². The molecular formula is C14H22N2O3S. The number of esters is 1. The molecule has 1 aromatic heterocycles. The van der Waals surface area contributed by atoms with Gasteiger partial charge < -0.3 is 9.64 Å². The minimum absolute atomic E-state index is 0.00996. The highest BCUT2D eigenvalue weighted by atomic mass is 32.1. The number of rotatable bonds is 8. The second kappa shape index (κ2) is 8.71. The highest BCUT2D eigenvalue weighted by Gasteiger charge is 2.17. The van der Waals surface area contributed by atoms with Crippen LogP contribution in [0, 0.1) is 0 Å². The summed E-state index contributed by atoms with van der Waals surface area (Å²) in [5.74, 6) is -0.303. The van der Waals surface area contributed by atoms with E-state index < -0.39 is 0 Å². The van der Waals surface area contributed by atoms with Gasteiger partial charge in [-0.15, -0.1) is 11.3 Å². The number of amides is 1. The van der Waals surface area contributed by atoms with Crippen LogP contribution in [0.5, 0.6) is 0 Å². The van der Waals surface area contributed by atoms with E-state index in [2.05, 4.69) is 4.74 Å². The summed E-state index contributed by atoms with van der Waals surface area (Å²) in [6.45, 7) is 3.72. The van der Waals surface area contributed by atoms with Crippen LogP contribution in [-0.4, -0.2) is 55.5 Å². The molecule has 1 heterocycles. The smallest absolute Gasteiger partial charge is 0.319 e. The molecule has 0 radical (unpaired) electrons. The van der Waals surface area contributed by atoms with Gasteiger partial charge in [-0.2, -0.15) is 0 Å². The maximum Gasteiger partial charge on any atom is 0.319 e. The van der Waals surface area contributed by atoms with E-state index in [4.69, 9.17) is 0 Å². The SMILES string of the molecule is CCCN(CC(=O)OC)CC(=O)N(C)Cc1cccs1. The summed E-state index contributed by atoms with van der Waals surface area (Å²) in [6, 6.07) is 3.98. The number of methoxy groups -OCH3 is 1. The standard InChI is InChI=1S/C14H22N2O3S/c1-4-7-16(11-14(18)19-3)10-13(17)15(2)9-12-6-5-8-20-12/h5-6,8H,4,7,9-11H2,1-3H3. The molecule has 5 nitrogen and oxygen atoms in total. The van der Waals surface area contributed by atoms with Crippen LogP contribution in [0.3, 0.4) is 0 Å². The van der Waals surface area contributed by atoms with Crippen LogP contribution in [0.4, 0.5) is 0 Å². The second-order valence-corrected chi connectivity index (χ2v) is 5.65. The molecule has 0 saturated heterocycles. The lowest BCUT2D eigenvalue weighted by molar-refractivity contribution is -0.142. The van der Waals surface area contributed by atoms with Gasteiger partial charge in [-0.3, -0.25) is 14.5 Å². The number of hydrogen-bond donors (Lipinski definition) is 0. The van der Waals surface area contributed by atoms with Crippen molar-refractivity contribution in [3.8, 4) is 0 Å². The van der Waals surface area contributed by atoms with Crippen molar-refractivity contribution in [1.82, 2.24) is 9.80 Å². The molecular weight excluding hydrogens is 276 g/mol. The zero-order chi connectivity index (χ0) is 15.0. The molecule has 0 aliphatic carbocycles. The molecule has 1 aromatic rings. The van der Waals surface area contributed by atoms with Crippen LogP contribution in [0.2, 0.25) is 0 Å². The lowest BCUT2D eigenvalue weighted by Crippen LogP contribution is -2.41. The van der Waals surface area contributed by atoms with E-state index in [1.807, 2.05) is 29.3 Å². The first-order chi connectivity index (χ1) is 9.56. The third kappa shape index (κ3) is 5.71. The lowest BCUT2D eigenvalue weighted by atomic mass is 10.3. The first-order valence-electron chi connectivity index (χ1n) is 6.62. The third-order valence-electron chi connectivity index (χ3n) is 2.88. The fourth-order valence-corrected chi connectivity index (χ4v) is 2.57. The highest BCUT2D eigenvalue weighted by molar-refractivity contribution is 7.09. The molecule has 0 aromatic carbocycles. The second-order valence-electron chi connectivity index (χ2n) is 4.62. The van der Waals surface area contributed by atoms with Gasteiger partial charge >= 0.3 is 5.97 Å². The Labute approximate surface area is 124 Å². The summed E-state index contributed by atoms with van der Waals surface area (Å²) in [7, 11) is 3.14. The molecule has 0 aliphatic heterocycles. The quantitative estimate of drug-likeness (QED) is 0.684. The Hall–Kier alpha value is -1.40. The Morgan fingerprint density at radius 2 is 2.10 bits per heavy atom. The third-order valence-corrected chi connectivity index (χ3v) is 3.74. The Balaban J connectivity index is 2.49. The molecule has 1 rings (SSSR count). The molecule has 0 fully saturated rings. The van der Waals surface area contributed by atoms with Gasteiger partial charge in [-0.25, -0.2) is 0 Å². The van der Waals surface area contributed by atoms with Crippen LogP contribution in [0.1, 0.15) is 18.2 Å². The minimum atomic E-state index is -0.313. The molecule has 0 N–H and O–H groups in total. The summed E-state index contributed by atoms with van der Waals surface area (Å²) in [5.41, 5.74) is 0. The fraction of sp³-hybridized carbons (Fsp3) is 0.571. The maximum atomic E-state index is 12.2. The monoisotopic (exact) mass is 298 g/mol. The van der Waals surface area contributed by atoms with Crippen LogP contribution in [0.25, 0.3) is 0 Å². The van der Waals surface area contributed by atoms with Crippen molar-refractivity contribution in [2.24, 2.45) is 0 Å². The van der Waals surface area contributed by atoms with E-state index in [0.29, 0.717) is 13.1 Å². The van der Waals surface area contributed by atoms with Crippen molar-refractivity contribution < 1.29 is 14.3 Å². The molecule has 112 valence electrons. The molecule has 0 aliphatic rings. The molecule has 0 bridgehead atoms. The molecule has 0 saturated carbocycles. The maximum absolute atomic E-state index is 12.2. The number of ether oxygens (including phenoxy) is 1. The molecule has 0 atom stereocenters. The number of carbonyl (C=O) groups excluding carboxylic acids is 2. The van der Waals surface area contributed by atoms with E-state index >= 15 is 0 Å². The number of carbonyl (C=O) groups is 2. The first kappa shape index (κ1) is 16.7. The number of nitrogens with zero attached hydrogens (tertiary/aromatic N) is 2. The van der Waals surface area contributed by atoms with Crippen molar-refractivity contribution in [3.05, 3.63) is 22.4 Å². The number of thiophene rings is 1. The number of hydrogen-bond acceptors (Lipinski definition) is 5. The van der Waals surface area contributed by atoms with Crippen molar-refractivity contribution in [1.29, 1.82) is 0 Å². The molecule has 1 amide bonds. The van der Waals surface area contributed by atoms with Crippen molar-refractivity contribution in [2.45, 2.75) is 19.9 Å². The Morgan fingerprint density at radius 3 is 2.65 bits per heavy atom. The highest BCUT2D eigenvalue weighted by Crippen LogP contribution is 2.11. The van der Waals surface area contributed by atoms with Crippen molar-refractivity contribution in [3.63, 3.8) is 0 Å². The largest absolute Gasteiger partial charge is 0.468 e. The Bertz CT molecular complexity index is 420. The zero-order valence-corrected chi connectivity index (χ0v) is 13.1. The summed E-state index contributed by atoms with van der Waals surface area (Å²) >= 11 is 1.63. The Kier molecular flexibility index (Phi) is 7.25. The van der Waals surface area contributed by atoms with Crippen LogP contribution in [-0.2, 0) is 20.9 Å². The van der Waals surface area contributed by atoms with Crippen molar-refractivity contribution >= 4 is 23.2 Å². The minimum Gasteiger partial charge on any atom is -0.468 e. The van der Waals surface area contributed by atoms with Crippen LogP contribution < -0.4 is 0 Å². The average molecular weight is 298 g/mol. The molecule has 20 heavy (non-hydrogen) atoms. The summed E-state index contributed by atoms with van der Waals surface area (Å²) in [6.07, 6.45) is 0.888. The summed E-state index contributed by atoms with van der Waals surface area (Å²) in [5, 5.41) is 1.99. The normalized spacial score (nSPS) is 10.6. The first-order valence-corrected chi connectivity index (χ1v) is 7.50. The Morgan fingerprint density at radius 1 is 1.35 bits per heavy atom. The van der Waals surface area contributed by atoms with Gasteiger partial charge in [0.1, 0.15) is 0 Å². The molecule has 0 unspecified atom stereocenters. The predicted octanol–water partition coefficient (Wildman–Crippen LogP) is 1.59. The lowest BCUT2D eigenvalue weighted by Gasteiger charge is -2.23. The average Bonchev–Trinajstić information content (AvgIpc) is 2.91. The summed E-state index contributed by atoms with van der Waals surface area (Å²) < 4.78 is 4.65. The van der Waals surface area contributed by atoms with E-state index in [1.165, 1.54) is 7.11 Å². The predicted molar refractivity (Wildman–Crippen MR) is 79.5 cm³/mol. The van der Waals surface area contributed by atoms with Crippen LogP contribution >= 0.6 is 11.3 Å². The van der Waals surface area contributed by atoms with E-state index in [0.717, 1.165) is 11.3 Å². The van der Waals surface area contributed by atoms with Gasteiger partial charge in [0, 0.05) is 11.9 Å². The van der Waals surface area contributed by atoms with E-state index in [9.17, 15) is 9.59 Å². The molecule has 0 spiro atoms. The van der Waals surface area contributed by atoms with Gasteiger partial charge in [-0.05, 0) is 24.4 Å². The van der Waals surface area contributed by atoms with Gasteiger partial charge in [0.25, 0.3) is 0 Å². The summed E-state index contributed by atoms with van der Waals surface area (Å²) in [4.78, 5) is 28.1. The van der Waals surface area contributed by atoms with Gasteiger partial charge in [0.05, 0.1) is 26.7 Å². The van der Waals surface area contributed by atoms with Gasteiger partial charge in [0.2, 0.25) is 5.91 Å². The van der Waals surface area contributed by atoms with Crippen molar-refractivity contribution in [2.75, 3.05) is 33.8 Å². The topological polar surface area (TPSA) is 49.9 Å². The van der Waals surface area contributed by atoms with E-state index in [1.54, 1.807) is 23.3 Å². The van der Waals surface area contributed by atoms with Gasteiger partial charge in [-0.1, -0.05) is 13.0 Å². The van der Waals surface area contributed by atoms with Crippen LogP contribution in [0.15, 0.2) is 17.5 Å².